The van der Waals surface area contributed by atoms with Crippen LogP contribution in [0.4, 0.5) is 17.1 Å². The van der Waals surface area contributed by atoms with Gasteiger partial charge >= 0.3 is 0 Å². The van der Waals surface area contributed by atoms with Gasteiger partial charge in [0.15, 0.2) is 0 Å². The molecule has 62 heavy (non-hydrogen) atoms. The van der Waals surface area contributed by atoms with Gasteiger partial charge in [-0.15, -0.1) is 0 Å². The number of fused-ring (bicyclic) bond motifs is 3. The van der Waals surface area contributed by atoms with Crippen LogP contribution in [0.1, 0.15) is 0 Å². The Kier molecular flexibility index (Phi) is 9.57. The molecule has 0 radical (unpaired) electrons. The fourth-order valence-electron chi connectivity index (χ4n) is 8.91. The molecule has 0 saturated heterocycles. The van der Waals surface area contributed by atoms with Crippen LogP contribution in [0, 0.1) is 0 Å². The summed E-state index contributed by atoms with van der Waals surface area (Å²) in [6.45, 7) is 0. The van der Waals surface area contributed by atoms with Gasteiger partial charge in [0, 0.05) is 27.8 Å². The topological polar surface area (TPSA) is 16.4 Å². The molecule has 11 aromatic rings. The van der Waals surface area contributed by atoms with Crippen molar-refractivity contribution in [2.45, 2.75) is 0 Å². The molecule has 0 amide bonds. The van der Waals surface area contributed by atoms with Crippen LogP contribution in [-0.2, 0) is 0 Å². The number of nitrogens with zero attached hydrogens (tertiary/aromatic N) is 1. The lowest BCUT2D eigenvalue weighted by Gasteiger charge is -2.27. The fourth-order valence-corrected chi connectivity index (χ4v) is 8.91. The Morgan fingerprint density at radius 3 is 1.35 bits per heavy atom. The van der Waals surface area contributed by atoms with Crippen LogP contribution in [0.5, 0.6) is 0 Å². The van der Waals surface area contributed by atoms with E-state index < -0.39 is 0 Å². The van der Waals surface area contributed by atoms with Gasteiger partial charge in [-0.05, 0) is 115 Å². The van der Waals surface area contributed by atoms with Crippen molar-refractivity contribution >= 4 is 39.0 Å². The molecule has 0 aliphatic carbocycles. The molecule has 292 valence electrons. The lowest BCUT2D eigenvalue weighted by molar-refractivity contribution is 0.669. The van der Waals surface area contributed by atoms with Crippen molar-refractivity contribution in [3.8, 4) is 66.8 Å². The Bertz CT molecular complexity index is 3310. The third kappa shape index (κ3) is 6.94. The van der Waals surface area contributed by atoms with E-state index in [4.69, 9.17) is 4.42 Å². The van der Waals surface area contributed by atoms with Crippen molar-refractivity contribution in [3.63, 3.8) is 0 Å². The van der Waals surface area contributed by atoms with Gasteiger partial charge in [-0.3, -0.25) is 0 Å². The Morgan fingerprint density at radius 1 is 0.242 bits per heavy atom. The van der Waals surface area contributed by atoms with E-state index in [1.165, 1.54) is 55.6 Å². The predicted octanol–water partition coefficient (Wildman–Crippen LogP) is 17.1. The summed E-state index contributed by atoms with van der Waals surface area (Å²) < 4.78 is 6.30. The molecule has 0 atom stereocenters. The minimum atomic E-state index is 0.873. The summed E-state index contributed by atoms with van der Waals surface area (Å²) in [5, 5.41) is 2.19. The van der Waals surface area contributed by atoms with Crippen LogP contribution in [0.2, 0.25) is 0 Å². The van der Waals surface area contributed by atoms with E-state index in [9.17, 15) is 0 Å². The van der Waals surface area contributed by atoms with E-state index >= 15 is 0 Å². The zero-order chi connectivity index (χ0) is 41.2. The molecule has 11 rings (SSSR count). The lowest BCUT2D eigenvalue weighted by atomic mass is 9.84. The van der Waals surface area contributed by atoms with Gasteiger partial charge in [0.05, 0.1) is 0 Å². The molecule has 0 fully saturated rings. The second-order valence-electron chi connectivity index (χ2n) is 15.7. The highest BCUT2D eigenvalue weighted by Crippen LogP contribution is 2.46. The summed E-state index contributed by atoms with van der Waals surface area (Å²) >= 11 is 0. The summed E-state index contributed by atoms with van der Waals surface area (Å²) in [6.07, 6.45) is 0. The minimum Gasteiger partial charge on any atom is -0.456 e. The molecule has 0 aliphatic heterocycles. The van der Waals surface area contributed by atoms with Gasteiger partial charge in [0.2, 0.25) is 0 Å². The first-order valence-electron chi connectivity index (χ1n) is 21.2. The third-order valence-electron chi connectivity index (χ3n) is 11.9. The highest BCUT2D eigenvalue weighted by Gasteiger charge is 2.20. The molecule has 2 heteroatoms. The van der Waals surface area contributed by atoms with Gasteiger partial charge in [-0.2, -0.15) is 0 Å². The molecule has 0 unspecified atom stereocenters. The molecule has 0 aliphatic rings. The minimum absolute atomic E-state index is 0.873. The zero-order valence-corrected chi connectivity index (χ0v) is 34.0. The molecule has 0 saturated carbocycles. The van der Waals surface area contributed by atoms with Gasteiger partial charge in [-0.1, -0.05) is 200 Å². The molecule has 0 bridgehead atoms. The van der Waals surface area contributed by atoms with E-state index in [2.05, 4.69) is 241 Å². The first-order chi connectivity index (χ1) is 30.7. The Hall–Kier alpha value is -8.20. The second-order valence-corrected chi connectivity index (χ2v) is 15.7. The molecule has 1 heterocycles. The van der Waals surface area contributed by atoms with Crippen molar-refractivity contribution in [1.29, 1.82) is 0 Å². The molecule has 0 spiro atoms. The highest BCUT2D eigenvalue weighted by atomic mass is 16.3. The van der Waals surface area contributed by atoms with Gasteiger partial charge < -0.3 is 9.32 Å². The zero-order valence-electron chi connectivity index (χ0n) is 34.0. The number of furan rings is 1. The number of benzene rings is 10. The first-order valence-corrected chi connectivity index (χ1v) is 21.2. The first kappa shape index (κ1) is 36.8. The third-order valence-corrected chi connectivity index (χ3v) is 11.9. The SMILES string of the molecule is c1ccc(-c2ccc(-c3ccc(N(c4cccc(-c5cccc(-c6ccccc6)c5-c5ccccc5-c5ccccc5)c4)c4ccc5oc6ccccc6c5c4)cc3)cc2)cc1. The molecular formula is C60H41NO. The van der Waals surface area contributed by atoms with Crippen LogP contribution >= 0.6 is 0 Å². The Balaban J connectivity index is 1.06. The maximum atomic E-state index is 6.30. The van der Waals surface area contributed by atoms with Crippen LogP contribution in [-0.4, -0.2) is 0 Å². The number of anilines is 3. The smallest absolute Gasteiger partial charge is 0.135 e. The van der Waals surface area contributed by atoms with E-state index in [1.807, 2.05) is 12.1 Å². The summed E-state index contributed by atoms with van der Waals surface area (Å²) in [6, 6.07) is 89.1. The van der Waals surface area contributed by atoms with Crippen molar-refractivity contribution in [3.05, 3.63) is 249 Å². The average Bonchev–Trinajstić information content (AvgIpc) is 3.73. The number of hydrogen-bond donors (Lipinski definition) is 0. The molecule has 0 N–H and O–H groups in total. The molecule has 2 nitrogen and oxygen atoms in total. The quantitative estimate of drug-likeness (QED) is 0.145. The highest BCUT2D eigenvalue weighted by molar-refractivity contribution is 6.07. The van der Waals surface area contributed by atoms with E-state index in [-0.39, 0.29) is 0 Å². The normalized spacial score (nSPS) is 11.2. The standard InChI is InChI=1S/C60H41NO/c1-4-16-42(17-5-1)43-30-32-44(33-31-43)45-34-36-49(37-35-45)61(51-38-39-59-57(41-51)55-25-12-13-29-58(55)62-59)50-23-14-22-48(40-50)54-28-15-27-53(47-20-8-3-9-21-47)60(54)56-26-11-10-24-52(56)46-18-6-2-7-19-46/h1-41H. The monoisotopic (exact) mass is 791 g/mol. The Labute approximate surface area is 362 Å². The van der Waals surface area contributed by atoms with Crippen LogP contribution in [0.15, 0.2) is 253 Å². The summed E-state index contributed by atoms with van der Waals surface area (Å²) in [5.41, 5.74) is 19.2. The van der Waals surface area contributed by atoms with Gasteiger partial charge in [0.1, 0.15) is 11.2 Å². The number of hydrogen-bond acceptors (Lipinski definition) is 2. The van der Waals surface area contributed by atoms with Crippen molar-refractivity contribution in [2.24, 2.45) is 0 Å². The van der Waals surface area contributed by atoms with Crippen molar-refractivity contribution in [1.82, 2.24) is 0 Å². The van der Waals surface area contributed by atoms with E-state index in [1.54, 1.807) is 0 Å². The molecule has 10 aromatic carbocycles. The Morgan fingerprint density at radius 2 is 0.677 bits per heavy atom. The average molecular weight is 792 g/mol. The maximum Gasteiger partial charge on any atom is 0.135 e. The van der Waals surface area contributed by atoms with Gasteiger partial charge in [0.25, 0.3) is 0 Å². The molecular weight excluding hydrogens is 751 g/mol. The second kappa shape index (κ2) is 16.1. The lowest BCUT2D eigenvalue weighted by Crippen LogP contribution is -2.10. The van der Waals surface area contributed by atoms with Crippen LogP contribution in [0.3, 0.4) is 0 Å². The van der Waals surface area contributed by atoms with Crippen molar-refractivity contribution in [2.75, 3.05) is 4.90 Å². The summed E-state index contributed by atoms with van der Waals surface area (Å²) in [4.78, 5) is 2.37. The number of para-hydroxylation sites is 1. The largest absolute Gasteiger partial charge is 0.456 e. The van der Waals surface area contributed by atoms with Crippen LogP contribution < -0.4 is 4.90 Å². The summed E-state index contributed by atoms with van der Waals surface area (Å²) in [7, 11) is 0. The van der Waals surface area contributed by atoms with E-state index in [0.29, 0.717) is 0 Å². The predicted molar refractivity (Wildman–Crippen MR) is 261 cm³/mol. The summed E-state index contributed by atoms with van der Waals surface area (Å²) in [5.74, 6) is 0. The fraction of sp³-hybridized carbons (Fsp3) is 0. The van der Waals surface area contributed by atoms with Crippen LogP contribution in [0.25, 0.3) is 88.7 Å². The molecule has 1 aromatic heterocycles. The van der Waals surface area contributed by atoms with E-state index in [0.717, 1.165) is 50.1 Å². The van der Waals surface area contributed by atoms with Crippen molar-refractivity contribution < 1.29 is 4.42 Å². The maximum absolute atomic E-state index is 6.30. The van der Waals surface area contributed by atoms with Gasteiger partial charge in [-0.25, -0.2) is 0 Å². The number of rotatable bonds is 9.